The van der Waals surface area contributed by atoms with Gasteiger partial charge >= 0.3 is 11.5 Å². The average molecular weight is 1030 g/mol. The van der Waals surface area contributed by atoms with Crippen LogP contribution in [0.3, 0.4) is 0 Å². The molecule has 2 unspecified atom stereocenters. The van der Waals surface area contributed by atoms with E-state index in [2.05, 4.69) is 39.4 Å². The highest BCUT2D eigenvalue weighted by atomic mass is 35.5. The molecule has 3 aromatic carbocycles. The number of carbonyl (C=O) groups is 1. The second-order valence-corrected chi connectivity index (χ2v) is 21.6. The Balaban J connectivity index is 0.985. The van der Waals surface area contributed by atoms with E-state index in [0.29, 0.717) is 85.6 Å². The highest BCUT2D eigenvalue weighted by Gasteiger charge is 2.51. The monoisotopic (exact) mass is 1020 g/mol. The smallest absolute Gasteiger partial charge is 0.478 e. The number of carboxylic acid groups (broad SMARTS) is 1. The minimum Gasteiger partial charge on any atom is -0.478 e. The molecule has 3 aliphatic rings. The Kier molecular flexibility index (Phi) is 16.4. The van der Waals surface area contributed by atoms with Crippen LogP contribution in [0.2, 0.25) is 5.02 Å². The number of sulfone groups is 1. The molecule has 3 N–H and O–H groups in total. The van der Waals surface area contributed by atoms with Crippen LogP contribution in [-0.4, -0.2) is 116 Å². The summed E-state index contributed by atoms with van der Waals surface area (Å²) >= 11 is 11.7. The summed E-state index contributed by atoms with van der Waals surface area (Å²) in [6.07, 6.45) is 4.19. The molecule has 0 spiro atoms. The van der Waals surface area contributed by atoms with Gasteiger partial charge in [0.15, 0.2) is 5.82 Å². The summed E-state index contributed by atoms with van der Waals surface area (Å²) in [5.74, 6) is -2.40. The molecular weight excluding hydrogens is 967 g/mol. The fourth-order valence-electron chi connectivity index (χ4n) is 9.47. The van der Waals surface area contributed by atoms with Gasteiger partial charge in [-0.2, -0.15) is 25.8 Å². The predicted octanol–water partition coefficient (Wildman–Crippen LogP) is 10.2. The molecule has 3 atom stereocenters. The molecule has 2 fully saturated rings. The summed E-state index contributed by atoms with van der Waals surface area (Å²) < 4.78 is 111. The first-order chi connectivity index (χ1) is 32.2. The van der Waals surface area contributed by atoms with Crippen molar-refractivity contribution in [2.75, 3.05) is 72.7 Å². The number of hydrogen-bond acceptors (Lipinski definition) is 11. The fourth-order valence-corrected chi connectivity index (χ4v) is 12.0. The van der Waals surface area contributed by atoms with E-state index in [1.54, 1.807) is 47.7 Å². The molecule has 11 nitrogen and oxygen atoms in total. The third-order valence-electron chi connectivity index (χ3n) is 13.4. The summed E-state index contributed by atoms with van der Waals surface area (Å²) in [5.41, 5.74) is -2.95. The van der Waals surface area contributed by atoms with Gasteiger partial charge in [-0.15, -0.1) is 0 Å². The molecule has 0 saturated carbocycles. The first kappa shape index (κ1) is 51.9. The van der Waals surface area contributed by atoms with Crippen molar-refractivity contribution in [1.82, 2.24) is 14.8 Å². The van der Waals surface area contributed by atoms with Crippen LogP contribution < -0.4 is 19.8 Å². The van der Waals surface area contributed by atoms with E-state index >= 15 is 8.78 Å². The number of ether oxygens (including phenoxy) is 1. The third-order valence-corrected chi connectivity index (χ3v) is 16.8. The van der Waals surface area contributed by atoms with E-state index < -0.39 is 49.1 Å². The third kappa shape index (κ3) is 11.4. The van der Waals surface area contributed by atoms with Gasteiger partial charge in [-0.05, 0) is 119 Å². The Hall–Kier alpha value is -3.98. The lowest BCUT2D eigenvalue weighted by Crippen LogP contribution is -2.48. The number of aromatic nitrogens is 1. The van der Waals surface area contributed by atoms with Gasteiger partial charge in [0.05, 0.1) is 27.5 Å². The standard InChI is InChI=1S/C48H58ClF5N6O5S3/c1-5-65-47(3)17-20-58(21-18-47)19-16-35(29-66)55-39-15-14-37(28-41(39)68(63,64)48(52,53)54)67-56-34-10-12-36(13-11-34)59-22-24-60(25-23-59)40-27-33(50)26-38(44(40)51)43-42(46(61)62)30(2)57(4)45(43)31-6-8-32(49)9-7-31/h6-13,26-28,35,37,39,55-56,66H,5,14-25,29H2,1-4H3,(H,61,62)/t35-,37?,39?/m1/s1. The zero-order chi connectivity index (χ0) is 49.1. The lowest BCUT2D eigenvalue weighted by molar-refractivity contribution is -0.0659. The van der Waals surface area contributed by atoms with Crippen LogP contribution in [0.1, 0.15) is 62.0 Å². The van der Waals surface area contributed by atoms with Crippen LogP contribution in [0, 0.1) is 18.6 Å². The van der Waals surface area contributed by atoms with Crippen LogP contribution in [0.25, 0.3) is 22.4 Å². The van der Waals surface area contributed by atoms with Crippen molar-refractivity contribution in [3.05, 3.63) is 99.6 Å². The number of likely N-dealkylation sites (tertiary alicyclic amines) is 1. The van der Waals surface area contributed by atoms with E-state index in [-0.39, 0.29) is 40.4 Å². The topological polar surface area (TPSA) is 119 Å². The van der Waals surface area contributed by atoms with Gasteiger partial charge < -0.3 is 39.1 Å². The van der Waals surface area contributed by atoms with Gasteiger partial charge in [0.1, 0.15) is 5.82 Å². The number of thiol groups is 1. The number of halogens is 6. The molecule has 0 bridgehead atoms. The molecule has 20 heteroatoms. The zero-order valence-electron chi connectivity index (χ0n) is 38.4. The van der Waals surface area contributed by atoms with Crippen LogP contribution in [-0.2, 0) is 21.6 Å². The second kappa shape index (κ2) is 21.6. The highest BCUT2D eigenvalue weighted by Crippen LogP contribution is 2.43. The second-order valence-electron chi connectivity index (χ2n) is 17.8. The summed E-state index contributed by atoms with van der Waals surface area (Å²) in [5, 5.41) is 13.4. The van der Waals surface area contributed by atoms with Crippen molar-refractivity contribution in [2.24, 2.45) is 7.05 Å². The summed E-state index contributed by atoms with van der Waals surface area (Å²) in [4.78, 5) is 18.1. The molecule has 2 aliphatic heterocycles. The number of rotatable bonds is 17. The summed E-state index contributed by atoms with van der Waals surface area (Å²) in [6, 6.07) is 14.9. The average Bonchev–Trinajstić information content (AvgIpc) is 3.57. The van der Waals surface area contributed by atoms with E-state index in [1.807, 2.05) is 31.2 Å². The number of carboxylic acids is 1. The van der Waals surface area contributed by atoms with Crippen molar-refractivity contribution >= 4 is 69.0 Å². The number of aromatic carboxylic acids is 1. The number of benzene rings is 3. The van der Waals surface area contributed by atoms with E-state index in [0.717, 1.165) is 55.7 Å². The molecule has 0 amide bonds. The van der Waals surface area contributed by atoms with Gasteiger partial charge in [-0.3, -0.25) is 0 Å². The Bertz CT molecular complexity index is 2570. The van der Waals surface area contributed by atoms with Crippen molar-refractivity contribution in [3.63, 3.8) is 0 Å². The summed E-state index contributed by atoms with van der Waals surface area (Å²) in [6.45, 7) is 10.3. The van der Waals surface area contributed by atoms with E-state index in [4.69, 9.17) is 16.3 Å². The lowest BCUT2D eigenvalue weighted by atomic mass is 9.93. The fraction of sp³-hybridized carbons (Fsp3) is 0.479. The molecule has 0 radical (unpaired) electrons. The molecular formula is C48H58ClF5N6O5S3. The minimum absolute atomic E-state index is 0.0155. The predicted molar refractivity (Wildman–Crippen MR) is 266 cm³/mol. The van der Waals surface area contributed by atoms with Gasteiger partial charge in [0, 0.05) is 115 Å². The minimum atomic E-state index is -5.62. The molecule has 3 heterocycles. The van der Waals surface area contributed by atoms with E-state index in [1.165, 1.54) is 6.08 Å². The number of hydrogen-bond donors (Lipinski definition) is 4. The lowest BCUT2D eigenvalue weighted by Gasteiger charge is -2.39. The quantitative estimate of drug-likeness (QED) is 0.0460. The van der Waals surface area contributed by atoms with E-state index in [9.17, 15) is 31.5 Å². The number of piperazine rings is 1. The molecule has 370 valence electrons. The van der Waals surface area contributed by atoms with Gasteiger partial charge in [-0.25, -0.2) is 22.0 Å². The van der Waals surface area contributed by atoms with Crippen molar-refractivity contribution in [2.45, 2.75) is 81.3 Å². The van der Waals surface area contributed by atoms with Crippen LogP contribution in [0.4, 0.5) is 39.0 Å². The Morgan fingerprint density at radius 1 is 1.00 bits per heavy atom. The SMILES string of the molecule is CCOC1(C)CCN(CC[C@H](CS)NC2CCC(SNc3ccc(N4CCN(c5cc(F)cc(-c6c(C(=O)O)c(C)n(C)c6-c6ccc(Cl)cc6)c5F)CC4)cc3)C=C2S(=O)(=O)C(F)(F)F)CC1. The van der Waals surface area contributed by atoms with Gasteiger partial charge in [-0.1, -0.05) is 29.8 Å². The summed E-state index contributed by atoms with van der Waals surface area (Å²) in [7, 11) is -3.94. The Morgan fingerprint density at radius 3 is 2.25 bits per heavy atom. The first-order valence-corrected chi connectivity index (χ1v) is 26.1. The maximum absolute atomic E-state index is 16.7. The molecule has 1 aliphatic carbocycles. The van der Waals surface area contributed by atoms with Crippen molar-refractivity contribution in [1.29, 1.82) is 0 Å². The molecule has 4 aromatic rings. The normalized spacial score (nSPS) is 19.8. The number of nitrogens with zero attached hydrogens (tertiary/aromatic N) is 4. The van der Waals surface area contributed by atoms with Crippen LogP contribution in [0.5, 0.6) is 0 Å². The van der Waals surface area contributed by atoms with Crippen LogP contribution in [0.15, 0.2) is 71.6 Å². The van der Waals surface area contributed by atoms with Crippen molar-refractivity contribution in [3.8, 4) is 22.4 Å². The van der Waals surface area contributed by atoms with Gasteiger partial charge in [0.25, 0.3) is 9.84 Å². The maximum Gasteiger partial charge on any atom is 0.501 e. The maximum atomic E-state index is 16.7. The number of alkyl halides is 3. The number of nitrogens with one attached hydrogen (secondary N) is 2. The molecule has 7 rings (SSSR count). The number of anilines is 3. The molecule has 1 aromatic heterocycles. The Morgan fingerprint density at radius 2 is 1.65 bits per heavy atom. The number of piperidine rings is 1. The van der Waals surface area contributed by atoms with Crippen LogP contribution >= 0.6 is 36.2 Å². The Labute approximate surface area is 409 Å². The zero-order valence-corrected chi connectivity index (χ0v) is 41.7. The van der Waals surface area contributed by atoms with Gasteiger partial charge in [0.2, 0.25) is 0 Å². The van der Waals surface area contributed by atoms with Crippen molar-refractivity contribution < 1.29 is 45.0 Å². The largest absolute Gasteiger partial charge is 0.501 e. The highest BCUT2D eigenvalue weighted by molar-refractivity contribution is 8.01. The first-order valence-electron chi connectivity index (χ1n) is 22.7. The molecule has 2 saturated heterocycles. The molecule has 68 heavy (non-hydrogen) atoms.